The first-order chi connectivity index (χ1) is 10.6. The lowest BCUT2D eigenvalue weighted by atomic mass is 9.99. The number of hydrogen-bond acceptors (Lipinski definition) is 9. The van der Waals surface area contributed by atoms with Crippen molar-refractivity contribution in [2.45, 2.75) is 44.6 Å². The summed E-state index contributed by atoms with van der Waals surface area (Å²) in [5.74, 6) is -1.34. The van der Waals surface area contributed by atoms with E-state index in [0.29, 0.717) is 0 Å². The van der Waals surface area contributed by atoms with Crippen molar-refractivity contribution < 1.29 is 41.1 Å². The number of rotatable bonds is 6. The number of methoxy groups -OCH3 is 1. The standard InChI is InChI=1S/C12H19BrO9S/c1-6(14)19-9-8(5-13)21-12(18-3)11(22-23(4,16)17)10(9)20-7(2)15/h8-12H,5H2,1-4H3/t8-,9-,10+,11-,12+/m1/s1. The zero-order valence-corrected chi connectivity index (χ0v) is 15.5. The molecule has 134 valence electrons. The molecule has 0 amide bonds. The van der Waals surface area contributed by atoms with E-state index in [1.54, 1.807) is 0 Å². The Hall–Kier alpha value is -0.750. The van der Waals surface area contributed by atoms with Crippen LogP contribution in [0.1, 0.15) is 13.8 Å². The van der Waals surface area contributed by atoms with Gasteiger partial charge in [0.25, 0.3) is 10.1 Å². The zero-order valence-electron chi connectivity index (χ0n) is 13.1. The van der Waals surface area contributed by atoms with Crippen LogP contribution in [0.2, 0.25) is 0 Å². The quantitative estimate of drug-likeness (QED) is 0.332. The molecule has 0 aromatic heterocycles. The number of carbonyl (C=O) groups excluding carboxylic acids is 2. The van der Waals surface area contributed by atoms with Crippen molar-refractivity contribution in [3.8, 4) is 0 Å². The predicted molar refractivity (Wildman–Crippen MR) is 80.3 cm³/mol. The monoisotopic (exact) mass is 418 g/mol. The van der Waals surface area contributed by atoms with Gasteiger partial charge in [-0.1, -0.05) is 15.9 Å². The Labute approximate surface area is 142 Å². The molecular weight excluding hydrogens is 400 g/mol. The van der Waals surface area contributed by atoms with Crippen LogP contribution in [-0.2, 0) is 42.8 Å². The molecule has 0 spiro atoms. The summed E-state index contributed by atoms with van der Waals surface area (Å²) in [6, 6.07) is 0. The summed E-state index contributed by atoms with van der Waals surface area (Å²) in [7, 11) is -2.63. The molecule has 0 saturated carbocycles. The number of hydrogen-bond donors (Lipinski definition) is 0. The van der Waals surface area contributed by atoms with Crippen LogP contribution >= 0.6 is 15.9 Å². The van der Waals surface area contributed by atoms with Gasteiger partial charge in [-0.05, 0) is 0 Å². The van der Waals surface area contributed by atoms with Crippen LogP contribution in [-0.4, -0.2) is 69.8 Å². The van der Waals surface area contributed by atoms with E-state index in [2.05, 4.69) is 15.9 Å². The van der Waals surface area contributed by atoms with E-state index in [9.17, 15) is 18.0 Å². The minimum Gasteiger partial charge on any atom is -0.456 e. The number of alkyl halides is 1. The normalized spacial score (nSPS) is 31.4. The fourth-order valence-electron chi connectivity index (χ4n) is 2.16. The Morgan fingerprint density at radius 1 is 1.09 bits per heavy atom. The van der Waals surface area contributed by atoms with Crippen molar-refractivity contribution in [3.05, 3.63) is 0 Å². The fourth-order valence-corrected chi connectivity index (χ4v) is 3.28. The van der Waals surface area contributed by atoms with E-state index in [4.69, 9.17) is 23.1 Å². The van der Waals surface area contributed by atoms with Gasteiger partial charge in [0.2, 0.25) is 0 Å². The van der Waals surface area contributed by atoms with Gasteiger partial charge in [-0.15, -0.1) is 0 Å². The molecule has 0 radical (unpaired) electrons. The number of esters is 2. The second-order valence-electron chi connectivity index (χ2n) is 4.85. The maximum Gasteiger partial charge on any atom is 0.303 e. The summed E-state index contributed by atoms with van der Waals surface area (Å²) >= 11 is 3.20. The van der Waals surface area contributed by atoms with Gasteiger partial charge in [-0.3, -0.25) is 13.8 Å². The van der Waals surface area contributed by atoms with E-state index < -0.39 is 52.8 Å². The van der Waals surface area contributed by atoms with Crippen molar-refractivity contribution in [1.82, 2.24) is 0 Å². The lowest BCUT2D eigenvalue weighted by Crippen LogP contribution is -2.62. The SMILES string of the molecule is CO[C@H]1O[C@H](CBr)[C@@H](OC(C)=O)[C@H](OC(C)=O)[C@H]1OS(C)(=O)=O. The topological polar surface area (TPSA) is 114 Å². The average molecular weight is 419 g/mol. The molecule has 1 rings (SSSR count). The van der Waals surface area contributed by atoms with E-state index in [-0.39, 0.29) is 5.33 Å². The summed E-state index contributed by atoms with van der Waals surface area (Å²) in [5.41, 5.74) is 0. The summed E-state index contributed by atoms with van der Waals surface area (Å²) in [6.07, 6.45) is -4.63. The van der Waals surface area contributed by atoms with Crippen LogP contribution in [0.5, 0.6) is 0 Å². The maximum atomic E-state index is 11.5. The van der Waals surface area contributed by atoms with Gasteiger partial charge >= 0.3 is 11.9 Å². The molecule has 1 fully saturated rings. The minimum atomic E-state index is -3.92. The molecule has 0 unspecified atom stereocenters. The predicted octanol–water partition coefficient (Wildman–Crippen LogP) is -0.0392. The van der Waals surface area contributed by atoms with Crippen LogP contribution in [0.4, 0.5) is 0 Å². The highest BCUT2D eigenvalue weighted by atomic mass is 79.9. The molecule has 0 aliphatic carbocycles. The van der Waals surface area contributed by atoms with Crippen LogP contribution in [0.15, 0.2) is 0 Å². The second-order valence-corrected chi connectivity index (χ2v) is 7.09. The minimum absolute atomic E-state index is 0.230. The Kier molecular flexibility index (Phi) is 7.39. The Bertz CT molecular complexity index is 535. The molecule has 1 aliphatic rings. The summed E-state index contributed by atoms with van der Waals surface area (Å²) in [4.78, 5) is 22.7. The van der Waals surface area contributed by atoms with Gasteiger partial charge in [-0.25, -0.2) is 0 Å². The highest BCUT2D eigenvalue weighted by Crippen LogP contribution is 2.30. The van der Waals surface area contributed by atoms with Gasteiger partial charge in [0.1, 0.15) is 6.10 Å². The highest BCUT2D eigenvalue weighted by molar-refractivity contribution is 9.09. The zero-order chi connectivity index (χ0) is 17.8. The lowest BCUT2D eigenvalue weighted by molar-refractivity contribution is -0.284. The molecule has 1 saturated heterocycles. The molecular formula is C12H19BrO9S. The molecule has 23 heavy (non-hydrogen) atoms. The first-order valence-corrected chi connectivity index (χ1v) is 9.49. The summed E-state index contributed by atoms with van der Waals surface area (Å²) < 4.78 is 48.8. The molecule has 1 aliphatic heterocycles. The molecule has 5 atom stereocenters. The number of carbonyl (C=O) groups is 2. The first-order valence-electron chi connectivity index (χ1n) is 6.56. The number of ether oxygens (including phenoxy) is 4. The Morgan fingerprint density at radius 3 is 2.00 bits per heavy atom. The third-order valence-electron chi connectivity index (χ3n) is 2.87. The number of halogens is 1. The highest BCUT2D eigenvalue weighted by Gasteiger charge is 2.51. The second kappa shape index (κ2) is 8.38. The molecule has 0 aromatic carbocycles. The van der Waals surface area contributed by atoms with Crippen LogP contribution < -0.4 is 0 Å². The van der Waals surface area contributed by atoms with Gasteiger partial charge in [0.15, 0.2) is 24.6 Å². The molecule has 9 nitrogen and oxygen atoms in total. The smallest absolute Gasteiger partial charge is 0.303 e. The Balaban J connectivity index is 3.23. The van der Waals surface area contributed by atoms with Crippen LogP contribution in [0, 0.1) is 0 Å². The van der Waals surface area contributed by atoms with E-state index in [1.165, 1.54) is 14.0 Å². The summed E-state index contributed by atoms with van der Waals surface area (Å²) in [6.45, 7) is 2.31. The van der Waals surface area contributed by atoms with E-state index >= 15 is 0 Å². The lowest BCUT2D eigenvalue weighted by Gasteiger charge is -2.43. The third kappa shape index (κ3) is 5.99. The van der Waals surface area contributed by atoms with E-state index in [0.717, 1.165) is 13.2 Å². The van der Waals surface area contributed by atoms with Crippen molar-refractivity contribution in [1.29, 1.82) is 0 Å². The van der Waals surface area contributed by atoms with Crippen molar-refractivity contribution in [3.63, 3.8) is 0 Å². The molecule has 0 aromatic rings. The molecule has 0 bridgehead atoms. The average Bonchev–Trinajstić information content (AvgIpc) is 2.40. The molecule has 1 heterocycles. The molecule has 0 N–H and O–H groups in total. The van der Waals surface area contributed by atoms with Gasteiger partial charge < -0.3 is 18.9 Å². The van der Waals surface area contributed by atoms with Crippen molar-refractivity contribution in [2.75, 3.05) is 18.7 Å². The van der Waals surface area contributed by atoms with Gasteiger partial charge in [0, 0.05) is 26.3 Å². The Morgan fingerprint density at radius 2 is 1.61 bits per heavy atom. The van der Waals surface area contributed by atoms with Crippen molar-refractivity contribution in [2.24, 2.45) is 0 Å². The van der Waals surface area contributed by atoms with Gasteiger partial charge in [-0.2, -0.15) is 8.42 Å². The van der Waals surface area contributed by atoms with E-state index in [1.807, 2.05) is 0 Å². The maximum absolute atomic E-state index is 11.5. The fraction of sp³-hybridized carbons (Fsp3) is 0.833. The summed E-state index contributed by atoms with van der Waals surface area (Å²) in [5, 5.41) is 0.230. The van der Waals surface area contributed by atoms with Crippen molar-refractivity contribution >= 4 is 38.0 Å². The van der Waals surface area contributed by atoms with Gasteiger partial charge in [0.05, 0.1) is 6.26 Å². The molecule has 11 heteroatoms. The third-order valence-corrected chi connectivity index (χ3v) is 4.08. The first kappa shape index (κ1) is 20.3. The van der Waals surface area contributed by atoms with Crippen LogP contribution in [0.3, 0.4) is 0 Å². The van der Waals surface area contributed by atoms with Crippen LogP contribution in [0.25, 0.3) is 0 Å². The largest absolute Gasteiger partial charge is 0.456 e.